The minimum absolute atomic E-state index is 0.0769. The lowest BCUT2D eigenvalue weighted by Gasteiger charge is -2.09. The minimum Gasteiger partial charge on any atom is -0.454 e. The van der Waals surface area contributed by atoms with Gasteiger partial charge < -0.3 is 14.8 Å². The first-order chi connectivity index (χ1) is 12.2. The van der Waals surface area contributed by atoms with Gasteiger partial charge in [-0.05, 0) is 36.2 Å². The molecule has 0 radical (unpaired) electrons. The number of nitriles is 1. The van der Waals surface area contributed by atoms with Gasteiger partial charge in [0.2, 0.25) is 6.79 Å². The number of benzene rings is 1. The van der Waals surface area contributed by atoms with Crippen molar-refractivity contribution in [3.8, 4) is 17.6 Å². The van der Waals surface area contributed by atoms with E-state index in [1.807, 2.05) is 6.07 Å². The molecule has 1 aliphatic rings. The average Bonchev–Trinajstić information content (AvgIpc) is 3.09. The van der Waals surface area contributed by atoms with Gasteiger partial charge in [0.25, 0.3) is 5.91 Å². The number of Topliss-reactive ketones (excluding diaryl/α,β-unsaturated/α-hetero) is 1. The lowest BCUT2D eigenvalue weighted by Crippen LogP contribution is -2.29. The van der Waals surface area contributed by atoms with Crippen molar-refractivity contribution in [3.63, 3.8) is 0 Å². The summed E-state index contributed by atoms with van der Waals surface area (Å²) in [6, 6.07) is 12.2. The molecule has 0 bridgehead atoms. The summed E-state index contributed by atoms with van der Waals surface area (Å²) in [7, 11) is 0. The normalized spacial score (nSPS) is 12.9. The van der Waals surface area contributed by atoms with E-state index in [1.54, 1.807) is 36.4 Å². The van der Waals surface area contributed by atoms with E-state index in [0.29, 0.717) is 23.7 Å². The number of pyridine rings is 1. The number of carbonyl (C=O) groups excluding carboxylic acids is 2. The molecular weight excluding hydrogens is 322 g/mol. The number of hydrogen-bond acceptors (Lipinski definition) is 6. The topological polar surface area (TPSA) is 101 Å². The predicted octanol–water partition coefficient (Wildman–Crippen LogP) is 2.09. The van der Waals surface area contributed by atoms with Crippen molar-refractivity contribution in [1.29, 1.82) is 5.26 Å². The molecule has 1 N–H and O–H groups in total. The standard InChI is InChI=1S/C18H15N3O4/c19-10-13(18(23)21-17-3-1-2-8-20-17)14(22)6-4-12-5-7-15-16(9-12)25-11-24-15/h1-3,5,7-9,13H,4,6,11H2,(H,20,21,23). The van der Waals surface area contributed by atoms with E-state index in [-0.39, 0.29) is 13.2 Å². The summed E-state index contributed by atoms with van der Waals surface area (Å²) in [5.41, 5.74) is 0.874. The Morgan fingerprint density at radius 1 is 1.24 bits per heavy atom. The summed E-state index contributed by atoms with van der Waals surface area (Å²) in [6.45, 7) is 0.182. The van der Waals surface area contributed by atoms with Crippen molar-refractivity contribution in [1.82, 2.24) is 4.98 Å². The van der Waals surface area contributed by atoms with Gasteiger partial charge in [-0.2, -0.15) is 5.26 Å². The Hall–Kier alpha value is -3.40. The van der Waals surface area contributed by atoms with Crippen LogP contribution in [-0.2, 0) is 16.0 Å². The Morgan fingerprint density at radius 2 is 2.08 bits per heavy atom. The highest BCUT2D eigenvalue weighted by Crippen LogP contribution is 2.32. The number of carbonyl (C=O) groups is 2. The second-order valence-electron chi connectivity index (χ2n) is 5.42. The zero-order valence-electron chi connectivity index (χ0n) is 13.3. The zero-order chi connectivity index (χ0) is 17.6. The number of rotatable bonds is 6. The molecule has 1 amide bonds. The third kappa shape index (κ3) is 3.93. The molecule has 2 heterocycles. The molecule has 0 saturated heterocycles. The van der Waals surface area contributed by atoms with E-state index >= 15 is 0 Å². The fourth-order valence-corrected chi connectivity index (χ4v) is 2.42. The molecule has 25 heavy (non-hydrogen) atoms. The second kappa shape index (κ2) is 7.45. The van der Waals surface area contributed by atoms with E-state index < -0.39 is 17.6 Å². The molecule has 2 aromatic rings. The van der Waals surface area contributed by atoms with Crippen LogP contribution in [0.3, 0.4) is 0 Å². The van der Waals surface area contributed by atoms with E-state index in [4.69, 9.17) is 9.47 Å². The van der Waals surface area contributed by atoms with Gasteiger partial charge in [0, 0.05) is 12.6 Å². The smallest absolute Gasteiger partial charge is 0.250 e. The van der Waals surface area contributed by atoms with Crippen LogP contribution in [0.1, 0.15) is 12.0 Å². The number of nitrogens with zero attached hydrogens (tertiary/aromatic N) is 2. The number of aryl methyl sites for hydroxylation is 1. The number of hydrogen-bond donors (Lipinski definition) is 1. The van der Waals surface area contributed by atoms with E-state index in [2.05, 4.69) is 10.3 Å². The maximum Gasteiger partial charge on any atom is 0.250 e. The van der Waals surface area contributed by atoms with Crippen LogP contribution < -0.4 is 14.8 Å². The van der Waals surface area contributed by atoms with E-state index in [0.717, 1.165) is 5.56 Å². The van der Waals surface area contributed by atoms with Gasteiger partial charge in [-0.25, -0.2) is 4.98 Å². The third-order valence-electron chi connectivity index (χ3n) is 3.73. The van der Waals surface area contributed by atoms with Gasteiger partial charge in [0.1, 0.15) is 5.82 Å². The van der Waals surface area contributed by atoms with Gasteiger partial charge in [0.05, 0.1) is 6.07 Å². The van der Waals surface area contributed by atoms with Crippen LogP contribution in [0.5, 0.6) is 11.5 Å². The van der Waals surface area contributed by atoms with Gasteiger partial charge in [-0.15, -0.1) is 0 Å². The molecular formula is C18H15N3O4. The number of ether oxygens (including phenoxy) is 2. The maximum absolute atomic E-state index is 12.3. The average molecular weight is 337 g/mol. The molecule has 1 unspecified atom stereocenters. The van der Waals surface area contributed by atoms with Gasteiger partial charge in [-0.3, -0.25) is 9.59 Å². The number of ketones is 1. The van der Waals surface area contributed by atoms with Gasteiger partial charge in [-0.1, -0.05) is 12.1 Å². The Balaban J connectivity index is 1.59. The van der Waals surface area contributed by atoms with Crippen LogP contribution in [-0.4, -0.2) is 23.5 Å². The summed E-state index contributed by atoms with van der Waals surface area (Å²) in [6.07, 6.45) is 2.00. The highest BCUT2D eigenvalue weighted by Gasteiger charge is 2.26. The Bertz CT molecular complexity index is 830. The highest BCUT2D eigenvalue weighted by atomic mass is 16.7. The molecule has 126 valence electrons. The minimum atomic E-state index is -1.36. The maximum atomic E-state index is 12.3. The molecule has 7 heteroatoms. The van der Waals surface area contributed by atoms with Crippen LogP contribution in [0.15, 0.2) is 42.6 Å². The molecule has 0 saturated carbocycles. The largest absolute Gasteiger partial charge is 0.454 e. The highest BCUT2D eigenvalue weighted by molar-refractivity contribution is 6.09. The number of aromatic nitrogens is 1. The number of amides is 1. The molecule has 1 aromatic heterocycles. The zero-order valence-corrected chi connectivity index (χ0v) is 13.3. The lowest BCUT2D eigenvalue weighted by atomic mass is 9.98. The first-order valence-corrected chi connectivity index (χ1v) is 7.70. The molecule has 1 aromatic carbocycles. The lowest BCUT2D eigenvalue weighted by molar-refractivity contribution is -0.128. The summed E-state index contributed by atoms with van der Waals surface area (Å²) < 4.78 is 10.5. The van der Waals surface area contributed by atoms with Crippen molar-refractivity contribution >= 4 is 17.5 Å². The van der Waals surface area contributed by atoms with Crippen LogP contribution in [0.4, 0.5) is 5.82 Å². The van der Waals surface area contributed by atoms with Crippen LogP contribution in [0, 0.1) is 17.2 Å². The first-order valence-electron chi connectivity index (χ1n) is 7.70. The molecule has 0 fully saturated rings. The van der Waals surface area contributed by atoms with Gasteiger partial charge >= 0.3 is 0 Å². The molecule has 0 spiro atoms. The Labute approximate surface area is 144 Å². The van der Waals surface area contributed by atoms with E-state index in [1.165, 1.54) is 6.20 Å². The summed E-state index contributed by atoms with van der Waals surface area (Å²) in [5, 5.41) is 11.7. The molecule has 3 rings (SSSR count). The third-order valence-corrected chi connectivity index (χ3v) is 3.73. The monoisotopic (exact) mass is 337 g/mol. The summed E-state index contributed by atoms with van der Waals surface area (Å²) in [5.74, 6) is -0.868. The molecule has 7 nitrogen and oxygen atoms in total. The van der Waals surface area contributed by atoms with Crippen LogP contribution >= 0.6 is 0 Å². The van der Waals surface area contributed by atoms with E-state index in [9.17, 15) is 14.9 Å². The molecule has 1 atom stereocenters. The van der Waals surface area contributed by atoms with Crippen molar-refractivity contribution in [2.75, 3.05) is 12.1 Å². The Kier molecular flexibility index (Phi) is 4.90. The fraction of sp³-hybridized carbons (Fsp3) is 0.222. The Morgan fingerprint density at radius 3 is 2.84 bits per heavy atom. The number of nitrogens with one attached hydrogen (secondary N) is 1. The number of fused-ring (bicyclic) bond motifs is 1. The number of anilines is 1. The summed E-state index contributed by atoms with van der Waals surface area (Å²) in [4.78, 5) is 28.3. The predicted molar refractivity (Wildman–Crippen MR) is 87.9 cm³/mol. The van der Waals surface area contributed by atoms with Crippen molar-refractivity contribution in [2.24, 2.45) is 5.92 Å². The molecule has 1 aliphatic heterocycles. The van der Waals surface area contributed by atoms with Crippen LogP contribution in [0.25, 0.3) is 0 Å². The second-order valence-corrected chi connectivity index (χ2v) is 5.42. The molecule has 0 aliphatic carbocycles. The van der Waals surface area contributed by atoms with Gasteiger partial charge in [0.15, 0.2) is 23.2 Å². The first kappa shape index (κ1) is 16.5. The van der Waals surface area contributed by atoms with Crippen molar-refractivity contribution in [2.45, 2.75) is 12.8 Å². The van der Waals surface area contributed by atoms with Crippen molar-refractivity contribution < 1.29 is 19.1 Å². The fourth-order valence-electron chi connectivity index (χ4n) is 2.42. The quantitative estimate of drug-likeness (QED) is 0.810. The summed E-state index contributed by atoms with van der Waals surface area (Å²) >= 11 is 0. The van der Waals surface area contributed by atoms with Crippen LogP contribution in [0.2, 0.25) is 0 Å². The SMILES string of the molecule is N#CC(C(=O)CCc1ccc2c(c1)OCO2)C(=O)Nc1ccccn1. The van der Waals surface area contributed by atoms with Crippen molar-refractivity contribution in [3.05, 3.63) is 48.2 Å².